The van der Waals surface area contributed by atoms with Gasteiger partial charge in [0.15, 0.2) is 0 Å². The zero-order chi connectivity index (χ0) is 15.4. The number of carbonyl (C=O) groups is 1. The first-order valence-electron chi connectivity index (χ1n) is 6.47. The van der Waals surface area contributed by atoms with E-state index in [9.17, 15) is 4.79 Å². The molecule has 0 unspecified atom stereocenters. The summed E-state index contributed by atoms with van der Waals surface area (Å²) in [5, 5.41) is 4.33. The Hall–Kier alpha value is -1.71. The van der Waals surface area contributed by atoms with Crippen LogP contribution in [0.4, 0.5) is 5.69 Å². The van der Waals surface area contributed by atoms with E-state index in [0.29, 0.717) is 22.2 Å². The molecule has 2 aromatic carbocycles. The maximum absolute atomic E-state index is 11.9. The zero-order valence-corrected chi connectivity index (χ0v) is 13.4. The van der Waals surface area contributed by atoms with Crippen LogP contribution in [0.2, 0.25) is 10.0 Å². The van der Waals surface area contributed by atoms with E-state index >= 15 is 0 Å². The van der Waals surface area contributed by atoms with Gasteiger partial charge in [0.25, 0.3) is 5.91 Å². The lowest BCUT2D eigenvalue weighted by Gasteiger charge is -2.13. The largest absolute Gasteiger partial charge is 0.381 e. The standard InChI is InChI=1S/C16H16Cl2N2O/c1-20(2)16(21)11-5-3-7-13(9-11)19-10-12-6-4-8-14(17)15(12)18/h3-9,19H,10H2,1-2H3. The SMILES string of the molecule is CN(C)C(=O)c1cccc(NCc2cccc(Cl)c2Cl)c1. The fourth-order valence-corrected chi connectivity index (χ4v) is 2.29. The zero-order valence-electron chi connectivity index (χ0n) is 11.9. The van der Waals surface area contributed by atoms with E-state index in [4.69, 9.17) is 23.2 Å². The third-order valence-electron chi connectivity index (χ3n) is 3.03. The number of anilines is 1. The van der Waals surface area contributed by atoms with E-state index < -0.39 is 0 Å². The summed E-state index contributed by atoms with van der Waals surface area (Å²) >= 11 is 12.1. The molecule has 0 saturated heterocycles. The number of halogens is 2. The Labute approximate surface area is 134 Å². The minimum atomic E-state index is -0.0283. The van der Waals surface area contributed by atoms with Gasteiger partial charge < -0.3 is 10.2 Å². The second kappa shape index (κ2) is 6.83. The van der Waals surface area contributed by atoms with Crippen LogP contribution in [0.25, 0.3) is 0 Å². The minimum absolute atomic E-state index is 0.0283. The molecule has 0 bridgehead atoms. The van der Waals surface area contributed by atoms with Crippen LogP contribution in [-0.4, -0.2) is 24.9 Å². The first-order chi connectivity index (χ1) is 9.99. The Morgan fingerprint density at radius 1 is 1.14 bits per heavy atom. The van der Waals surface area contributed by atoms with Crippen molar-refractivity contribution in [1.82, 2.24) is 4.90 Å². The first kappa shape index (κ1) is 15.7. The highest BCUT2D eigenvalue weighted by Crippen LogP contribution is 2.26. The Morgan fingerprint density at radius 2 is 1.86 bits per heavy atom. The summed E-state index contributed by atoms with van der Waals surface area (Å²) < 4.78 is 0. The molecular formula is C16H16Cl2N2O. The van der Waals surface area contributed by atoms with Gasteiger partial charge in [-0.3, -0.25) is 4.79 Å². The Kier molecular flexibility index (Phi) is 5.10. The smallest absolute Gasteiger partial charge is 0.253 e. The molecule has 1 N–H and O–H groups in total. The van der Waals surface area contributed by atoms with Gasteiger partial charge in [-0.25, -0.2) is 0 Å². The lowest BCUT2D eigenvalue weighted by Crippen LogP contribution is -2.21. The number of rotatable bonds is 4. The molecular weight excluding hydrogens is 307 g/mol. The van der Waals surface area contributed by atoms with E-state index in [1.807, 2.05) is 30.3 Å². The molecule has 0 fully saturated rings. The molecule has 0 heterocycles. The summed E-state index contributed by atoms with van der Waals surface area (Å²) in [4.78, 5) is 13.5. The van der Waals surface area contributed by atoms with Gasteiger partial charge in [-0.05, 0) is 29.8 Å². The van der Waals surface area contributed by atoms with Crippen LogP contribution in [0.3, 0.4) is 0 Å². The van der Waals surface area contributed by atoms with Gasteiger partial charge in [-0.1, -0.05) is 41.4 Å². The van der Waals surface area contributed by atoms with Gasteiger partial charge >= 0.3 is 0 Å². The quantitative estimate of drug-likeness (QED) is 0.909. The molecule has 0 aliphatic rings. The van der Waals surface area contributed by atoms with Crippen molar-refractivity contribution < 1.29 is 4.79 Å². The van der Waals surface area contributed by atoms with E-state index in [-0.39, 0.29) is 5.91 Å². The van der Waals surface area contributed by atoms with Crippen molar-refractivity contribution in [1.29, 1.82) is 0 Å². The predicted octanol–water partition coefficient (Wildman–Crippen LogP) is 4.31. The third-order valence-corrected chi connectivity index (χ3v) is 3.89. The van der Waals surface area contributed by atoms with Gasteiger partial charge in [-0.15, -0.1) is 0 Å². The Morgan fingerprint density at radius 3 is 2.57 bits per heavy atom. The van der Waals surface area contributed by atoms with E-state index in [2.05, 4.69) is 5.32 Å². The lowest BCUT2D eigenvalue weighted by atomic mass is 10.1. The summed E-state index contributed by atoms with van der Waals surface area (Å²) in [5.74, 6) is -0.0283. The molecule has 5 heteroatoms. The molecule has 0 spiro atoms. The fraction of sp³-hybridized carbons (Fsp3) is 0.188. The number of amides is 1. The monoisotopic (exact) mass is 322 g/mol. The summed E-state index contributed by atoms with van der Waals surface area (Å²) in [6, 6.07) is 12.9. The van der Waals surface area contributed by atoms with Crippen LogP contribution in [0.1, 0.15) is 15.9 Å². The molecule has 110 valence electrons. The Bertz CT molecular complexity index is 656. The van der Waals surface area contributed by atoms with Crippen LogP contribution in [0.5, 0.6) is 0 Å². The number of benzene rings is 2. The lowest BCUT2D eigenvalue weighted by molar-refractivity contribution is 0.0827. The highest BCUT2D eigenvalue weighted by Gasteiger charge is 2.08. The molecule has 0 aliphatic heterocycles. The maximum Gasteiger partial charge on any atom is 0.253 e. The minimum Gasteiger partial charge on any atom is -0.381 e. The van der Waals surface area contributed by atoms with E-state index in [0.717, 1.165) is 11.3 Å². The highest BCUT2D eigenvalue weighted by atomic mass is 35.5. The molecule has 0 radical (unpaired) electrons. The summed E-state index contributed by atoms with van der Waals surface area (Å²) in [7, 11) is 3.46. The summed E-state index contributed by atoms with van der Waals surface area (Å²) in [6.45, 7) is 0.541. The van der Waals surface area contributed by atoms with Crippen LogP contribution >= 0.6 is 23.2 Å². The van der Waals surface area contributed by atoms with E-state index in [1.165, 1.54) is 0 Å². The molecule has 0 aliphatic carbocycles. The van der Waals surface area contributed by atoms with Crippen LogP contribution in [0.15, 0.2) is 42.5 Å². The van der Waals surface area contributed by atoms with Crippen LogP contribution < -0.4 is 5.32 Å². The van der Waals surface area contributed by atoms with Gasteiger partial charge in [-0.2, -0.15) is 0 Å². The van der Waals surface area contributed by atoms with Gasteiger partial charge in [0, 0.05) is 31.9 Å². The average Bonchev–Trinajstić information content (AvgIpc) is 2.48. The summed E-state index contributed by atoms with van der Waals surface area (Å²) in [6.07, 6.45) is 0. The molecule has 1 amide bonds. The molecule has 0 saturated carbocycles. The number of hydrogen-bond acceptors (Lipinski definition) is 2. The number of nitrogens with one attached hydrogen (secondary N) is 1. The topological polar surface area (TPSA) is 32.3 Å². The van der Waals surface area contributed by atoms with Crippen molar-refractivity contribution in [3.05, 3.63) is 63.6 Å². The van der Waals surface area contributed by atoms with E-state index in [1.54, 1.807) is 31.1 Å². The molecule has 2 rings (SSSR count). The van der Waals surface area contributed by atoms with Gasteiger partial charge in [0.05, 0.1) is 10.0 Å². The maximum atomic E-state index is 11.9. The predicted molar refractivity (Wildman–Crippen MR) is 88.2 cm³/mol. The van der Waals surface area contributed by atoms with Crippen molar-refractivity contribution in [3.8, 4) is 0 Å². The normalized spacial score (nSPS) is 10.3. The third kappa shape index (κ3) is 3.90. The average molecular weight is 323 g/mol. The Balaban J connectivity index is 2.12. The van der Waals surface area contributed by atoms with Crippen LogP contribution in [0, 0.1) is 0 Å². The molecule has 0 aromatic heterocycles. The molecule has 3 nitrogen and oxygen atoms in total. The molecule has 2 aromatic rings. The first-order valence-corrected chi connectivity index (χ1v) is 7.23. The number of nitrogens with zero attached hydrogens (tertiary/aromatic N) is 1. The van der Waals surface area contributed by atoms with Crippen molar-refractivity contribution >= 4 is 34.8 Å². The van der Waals surface area contributed by atoms with Gasteiger partial charge in [0.1, 0.15) is 0 Å². The summed E-state index contributed by atoms with van der Waals surface area (Å²) in [5.41, 5.74) is 2.41. The second-order valence-electron chi connectivity index (χ2n) is 4.85. The van der Waals surface area contributed by atoms with Crippen molar-refractivity contribution in [2.75, 3.05) is 19.4 Å². The van der Waals surface area contributed by atoms with Crippen LogP contribution in [-0.2, 0) is 6.54 Å². The van der Waals surface area contributed by atoms with Crippen molar-refractivity contribution in [3.63, 3.8) is 0 Å². The molecule has 0 atom stereocenters. The van der Waals surface area contributed by atoms with Crippen molar-refractivity contribution in [2.24, 2.45) is 0 Å². The highest BCUT2D eigenvalue weighted by molar-refractivity contribution is 6.42. The molecule has 21 heavy (non-hydrogen) atoms. The fourth-order valence-electron chi connectivity index (χ4n) is 1.90. The van der Waals surface area contributed by atoms with Gasteiger partial charge in [0.2, 0.25) is 0 Å². The number of carbonyl (C=O) groups excluding carboxylic acids is 1. The second-order valence-corrected chi connectivity index (χ2v) is 5.63. The van der Waals surface area contributed by atoms with Crippen molar-refractivity contribution in [2.45, 2.75) is 6.54 Å². The number of hydrogen-bond donors (Lipinski definition) is 1.